The van der Waals surface area contributed by atoms with Crippen LogP contribution in [-0.4, -0.2) is 60.6 Å². The van der Waals surface area contributed by atoms with Crippen molar-refractivity contribution < 1.29 is 28.6 Å². The molecule has 1 aromatic heterocycles. The van der Waals surface area contributed by atoms with E-state index in [0.29, 0.717) is 11.3 Å². The average molecular weight is 370 g/mol. The largest absolute Gasteiger partial charge is 0.465 e. The fourth-order valence-electron chi connectivity index (χ4n) is 2.17. The smallest absolute Gasteiger partial charge is 0.429 e. The molecule has 0 radical (unpaired) electrons. The third kappa shape index (κ3) is 5.09. The number of esters is 1. The number of thiophene rings is 1. The highest BCUT2D eigenvalue weighted by molar-refractivity contribution is 7.13. The van der Waals surface area contributed by atoms with Crippen LogP contribution in [0, 0.1) is 0 Å². The molecule has 2 rings (SSSR count). The van der Waals surface area contributed by atoms with E-state index in [-0.39, 0.29) is 19.7 Å². The Morgan fingerprint density at radius 3 is 2.68 bits per heavy atom. The number of ether oxygens (including phenoxy) is 3. The molecule has 25 heavy (non-hydrogen) atoms. The molecule has 0 N–H and O–H groups in total. The van der Waals surface area contributed by atoms with Crippen LogP contribution in [0.25, 0.3) is 0 Å². The molecule has 0 atom stereocenters. The molecule has 1 aliphatic rings. The Hall–Kier alpha value is -2.29. The second kappa shape index (κ2) is 7.73. The number of amides is 2. The molecule has 0 bridgehead atoms. The van der Waals surface area contributed by atoms with Gasteiger partial charge in [-0.3, -0.25) is 0 Å². The quantitative estimate of drug-likeness (QED) is 0.598. The fourth-order valence-corrected chi connectivity index (χ4v) is 3.08. The van der Waals surface area contributed by atoms with Gasteiger partial charge < -0.3 is 14.2 Å². The highest BCUT2D eigenvalue weighted by Crippen LogP contribution is 2.20. The Labute approximate surface area is 150 Å². The summed E-state index contributed by atoms with van der Waals surface area (Å²) in [7, 11) is 1.32. The van der Waals surface area contributed by atoms with Gasteiger partial charge in [0.2, 0.25) is 0 Å². The molecule has 8 nitrogen and oxygen atoms in total. The number of carbonyl (C=O) groups is 3. The van der Waals surface area contributed by atoms with Crippen molar-refractivity contribution in [2.45, 2.75) is 32.8 Å². The monoisotopic (exact) mass is 370 g/mol. The number of cyclic esters (lactones) is 1. The molecular formula is C16H22N2O6S. The van der Waals surface area contributed by atoms with Crippen LogP contribution in [0.4, 0.5) is 9.59 Å². The van der Waals surface area contributed by atoms with Gasteiger partial charge in [-0.2, -0.15) is 0 Å². The van der Waals surface area contributed by atoms with E-state index in [1.54, 1.807) is 32.9 Å². The first kappa shape index (κ1) is 19.0. The number of hydrogen-bond acceptors (Lipinski definition) is 7. The van der Waals surface area contributed by atoms with E-state index in [2.05, 4.69) is 4.74 Å². The molecule has 0 aliphatic carbocycles. The van der Waals surface area contributed by atoms with Gasteiger partial charge >= 0.3 is 18.2 Å². The molecule has 1 fully saturated rings. The molecule has 1 saturated heterocycles. The molecule has 2 heterocycles. The van der Waals surface area contributed by atoms with Gasteiger partial charge in [0, 0.05) is 11.3 Å². The summed E-state index contributed by atoms with van der Waals surface area (Å²) in [5.41, 5.74) is -0.659. The zero-order valence-electron chi connectivity index (χ0n) is 14.7. The van der Waals surface area contributed by atoms with Crippen molar-refractivity contribution in [3.63, 3.8) is 0 Å². The topological polar surface area (TPSA) is 85.4 Å². The van der Waals surface area contributed by atoms with Gasteiger partial charge in [0.15, 0.2) is 0 Å². The van der Waals surface area contributed by atoms with Crippen molar-refractivity contribution >= 4 is 29.5 Å². The highest BCUT2D eigenvalue weighted by Gasteiger charge is 2.34. The molecule has 0 saturated carbocycles. The van der Waals surface area contributed by atoms with Crippen LogP contribution >= 0.6 is 11.3 Å². The lowest BCUT2D eigenvalue weighted by atomic mass is 10.2. The molecule has 9 heteroatoms. The summed E-state index contributed by atoms with van der Waals surface area (Å²) in [4.78, 5) is 37.2. The van der Waals surface area contributed by atoms with Crippen LogP contribution in [-0.2, 0) is 20.6 Å². The van der Waals surface area contributed by atoms with E-state index in [1.165, 1.54) is 28.5 Å². The van der Waals surface area contributed by atoms with Crippen molar-refractivity contribution in [3.05, 3.63) is 21.9 Å². The minimum absolute atomic E-state index is 0.125. The summed E-state index contributed by atoms with van der Waals surface area (Å²) in [5, 5.41) is 2.49. The first-order valence-corrected chi connectivity index (χ1v) is 8.64. The minimum Gasteiger partial charge on any atom is -0.465 e. The Balaban J connectivity index is 2.03. The van der Waals surface area contributed by atoms with Crippen molar-refractivity contribution in [3.8, 4) is 0 Å². The molecule has 0 aromatic carbocycles. The molecule has 1 aromatic rings. The van der Waals surface area contributed by atoms with E-state index in [9.17, 15) is 14.4 Å². The van der Waals surface area contributed by atoms with Crippen LogP contribution in [0.15, 0.2) is 12.1 Å². The second-order valence-electron chi connectivity index (χ2n) is 6.35. The van der Waals surface area contributed by atoms with Crippen molar-refractivity contribution in [2.75, 3.05) is 26.8 Å². The van der Waals surface area contributed by atoms with Crippen LogP contribution in [0.1, 0.15) is 35.3 Å². The summed E-state index contributed by atoms with van der Waals surface area (Å²) >= 11 is 1.29. The van der Waals surface area contributed by atoms with Crippen molar-refractivity contribution in [1.82, 2.24) is 10.0 Å². The van der Waals surface area contributed by atoms with Gasteiger partial charge in [-0.15, -0.1) is 11.3 Å². The lowest BCUT2D eigenvalue weighted by Gasteiger charge is -2.38. The maximum Gasteiger partial charge on any atom is 0.429 e. The summed E-state index contributed by atoms with van der Waals surface area (Å²) < 4.78 is 15.0. The predicted octanol–water partition coefficient (Wildman–Crippen LogP) is 2.68. The number of carbonyl (C=O) groups excluding carboxylic acids is 3. The van der Waals surface area contributed by atoms with E-state index >= 15 is 0 Å². The highest BCUT2D eigenvalue weighted by atomic mass is 32.1. The van der Waals surface area contributed by atoms with Gasteiger partial charge in [-0.1, -0.05) is 0 Å². The average Bonchev–Trinajstić information content (AvgIpc) is 3.00. The first-order chi connectivity index (χ1) is 11.7. The van der Waals surface area contributed by atoms with Crippen LogP contribution in [0.3, 0.4) is 0 Å². The second-order valence-corrected chi connectivity index (χ2v) is 7.52. The zero-order valence-corrected chi connectivity index (χ0v) is 15.6. The van der Waals surface area contributed by atoms with E-state index in [4.69, 9.17) is 9.47 Å². The standard InChI is InChI=1S/C16H22N2O6S/c1-16(2,3)24-15(21)18-9-10-23-14(20)17(18)8-7-11-5-6-12(25-11)13(19)22-4/h5-6H,7-10H2,1-4H3. The molecule has 138 valence electrons. The minimum atomic E-state index is -0.659. The number of hydrazine groups is 1. The lowest BCUT2D eigenvalue weighted by molar-refractivity contribution is -0.0756. The molecule has 0 unspecified atom stereocenters. The fraction of sp³-hybridized carbons (Fsp3) is 0.562. The SMILES string of the molecule is COC(=O)c1ccc(CCN2C(=O)OCCN2C(=O)OC(C)(C)C)s1. The molecule has 0 spiro atoms. The van der Waals surface area contributed by atoms with Gasteiger partial charge in [0.05, 0.1) is 20.2 Å². The predicted molar refractivity (Wildman–Crippen MR) is 90.4 cm³/mol. The van der Waals surface area contributed by atoms with Gasteiger partial charge in [0.1, 0.15) is 17.1 Å². The molecule has 2 amide bonds. The Kier molecular flexibility index (Phi) is 5.89. The summed E-state index contributed by atoms with van der Waals surface area (Å²) in [6, 6.07) is 3.47. The molecular weight excluding hydrogens is 348 g/mol. The Morgan fingerprint density at radius 2 is 2.04 bits per heavy atom. The number of methoxy groups -OCH3 is 1. The number of nitrogens with zero attached hydrogens (tertiary/aromatic N) is 2. The van der Waals surface area contributed by atoms with Crippen LogP contribution in [0.2, 0.25) is 0 Å². The van der Waals surface area contributed by atoms with Crippen molar-refractivity contribution in [2.24, 2.45) is 0 Å². The van der Waals surface area contributed by atoms with Gasteiger partial charge in [-0.05, 0) is 32.9 Å². The third-order valence-electron chi connectivity index (χ3n) is 3.25. The lowest BCUT2D eigenvalue weighted by Crippen LogP contribution is -2.56. The van der Waals surface area contributed by atoms with E-state index in [1.807, 2.05) is 0 Å². The van der Waals surface area contributed by atoms with Gasteiger partial charge in [0.25, 0.3) is 0 Å². The summed E-state index contributed by atoms with van der Waals surface area (Å²) in [6.07, 6.45) is -0.719. The summed E-state index contributed by atoms with van der Waals surface area (Å²) in [6.45, 7) is 5.88. The van der Waals surface area contributed by atoms with Crippen LogP contribution in [0.5, 0.6) is 0 Å². The van der Waals surface area contributed by atoms with Crippen LogP contribution < -0.4 is 0 Å². The Bertz CT molecular complexity index is 651. The third-order valence-corrected chi connectivity index (χ3v) is 4.38. The maximum atomic E-state index is 12.3. The number of rotatable bonds is 4. The first-order valence-electron chi connectivity index (χ1n) is 7.83. The van der Waals surface area contributed by atoms with Crippen molar-refractivity contribution in [1.29, 1.82) is 0 Å². The number of hydrogen-bond donors (Lipinski definition) is 0. The Morgan fingerprint density at radius 1 is 1.32 bits per heavy atom. The van der Waals surface area contributed by atoms with E-state index in [0.717, 1.165) is 4.88 Å². The molecule has 1 aliphatic heterocycles. The maximum absolute atomic E-state index is 12.3. The zero-order chi connectivity index (χ0) is 18.6. The summed E-state index contributed by atoms with van der Waals surface area (Å²) in [5.74, 6) is -0.399. The van der Waals surface area contributed by atoms with Gasteiger partial charge in [-0.25, -0.2) is 24.4 Å². The van der Waals surface area contributed by atoms with E-state index < -0.39 is 23.8 Å². The normalized spacial score (nSPS) is 15.0.